The van der Waals surface area contributed by atoms with Crippen LogP contribution in [-0.2, 0) is 4.74 Å². The molecule has 0 aromatic carbocycles. The maximum atomic E-state index is 5.79. The molecule has 9 heavy (non-hydrogen) atoms. The van der Waals surface area contributed by atoms with Crippen LogP contribution in [-0.4, -0.2) is 32.7 Å². The van der Waals surface area contributed by atoms with Crippen LogP contribution in [0.4, 0.5) is 0 Å². The Morgan fingerprint density at radius 2 is 2.33 bits per heavy atom. The average Bonchev–Trinajstić information content (AvgIpc) is 1.85. The minimum Gasteiger partial charge on any atom is -0.383 e. The van der Waals surface area contributed by atoms with Crippen LogP contribution in [0.15, 0.2) is 0 Å². The number of halogens is 1. The van der Waals surface area contributed by atoms with E-state index in [1.54, 1.807) is 7.11 Å². The highest BCUT2D eigenvalue weighted by molar-refractivity contribution is 6.20. The Bertz CT molecular complexity index is 61.0. The van der Waals surface area contributed by atoms with Crippen LogP contribution in [0, 0.1) is 0 Å². The van der Waals surface area contributed by atoms with E-state index >= 15 is 0 Å². The number of methoxy groups -OCH3 is 1. The van der Waals surface area contributed by atoms with E-state index in [0.29, 0.717) is 6.61 Å². The molecule has 2 nitrogen and oxygen atoms in total. The van der Waals surface area contributed by atoms with Gasteiger partial charge in [-0.2, -0.15) is 0 Å². The molecule has 0 aromatic rings. The summed E-state index contributed by atoms with van der Waals surface area (Å²) < 4.78 is 4.84. The zero-order valence-electron chi connectivity index (χ0n) is 5.98. The van der Waals surface area contributed by atoms with Crippen molar-refractivity contribution in [3.8, 4) is 0 Å². The molecule has 0 spiro atoms. The quantitative estimate of drug-likeness (QED) is 0.589. The predicted octanol–water partition coefficient (Wildman–Crippen LogP) is 0.850. The van der Waals surface area contributed by atoms with Gasteiger partial charge in [-0.15, -0.1) is 11.6 Å². The molecule has 1 atom stereocenters. The lowest BCUT2D eigenvalue weighted by Crippen LogP contribution is -2.16. The first kappa shape index (κ1) is 9.21. The van der Waals surface area contributed by atoms with Gasteiger partial charge >= 0.3 is 0 Å². The Morgan fingerprint density at radius 1 is 1.67 bits per heavy atom. The van der Waals surface area contributed by atoms with Crippen LogP contribution in [0.5, 0.6) is 0 Å². The number of hydrogen-bond acceptors (Lipinski definition) is 2. The van der Waals surface area contributed by atoms with E-state index in [2.05, 4.69) is 5.32 Å². The van der Waals surface area contributed by atoms with Crippen LogP contribution < -0.4 is 5.32 Å². The highest BCUT2D eigenvalue weighted by atomic mass is 35.5. The smallest absolute Gasteiger partial charge is 0.0626 e. The number of alkyl halides is 1. The second-order valence-corrected chi connectivity index (χ2v) is 2.56. The third-order valence-corrected chi connectivity index (χ3v) is 1.40. The van der Waals surface area contributed by atoms with Gasteiger partial charge in [-0.3, -0.25) is 0 Å². The van der Waals surface area contributed by atoms with Gasteiger partial charge in [0.15, 0.2) is 0 Å². The molecule has 56 valence electrons. The summed E-state index contributed by atoms with van der Waals surface area (Å²) in [6.45, 7) is 1.60. The van der Waals surface area contributed by atoms with Crippen molar-refractivity contribution in [2.45, 2.75) is 11.8 Å². The first-order chi connectivity index (χ1) is 4.31. The summed E-state index contributed by atoms with van der Waals surface area (Å²) in [6.07, 6.45) is 0.964. The Kier molecular flexibility index (Phi) is 6.48. The molecule has 0 bridgehead atoms. The highest BCUT2D eigenvalue weighted by Crippen LogP contribution is 1.99. The SMILES string of the molecule is CNCCC(Cl)COC. The Balaban J connectivity index is 2.95. The largest absolute Gasteiger partial charge is 0.383 e. The number of ether oxygens (including phenoxy) is 1. The fraction of sp³-hybridized carbons (Fsp3) is 1.00. The van der Waals surface area contributed by atoms with Crippen molar-refractivity contribution in [3.05, 3.63) is 0 Å². The summed E-state index contributed by atoms with van der Waals surface area (Å²) in [5, 5.41) is 3.17. The van der Waals surface area contributed by atoms with Gasteiger partial charge in [0.2, 0.25) is 0 Å². The molecule has 1 N–H and O–H groups in total. The second kappa shape index (κ2) is 6.33. The van der Waals surface area contributed by atoms with Gasteiger partial charge < -0.3 is 10.1 Å². The lowest BCUT2D eigenvalue weighted by Gasteiger charge is -2.05. The maximum absolute atomic E-state index is 5.79. The molecule has 0 amide bonds. The van der Waals surface area contributed by atoms with Gasteiger partial charge in [-0.1, -0.05) is 0 Å². The van der Waals surface area contributed by atoms with Gasteiger partial charge in [0.25, 0.3) is 0 Å². The van der Waals surface area contributed by atoms with Gasteiger partial charge in [0.05, 0.1) is 12.0 Å². The van der Waals surface area contributed by atoms with E-state index in [9.17, 15) is 0 Å². The molecule has 3 heteroatoms. The topological polar surface area (TPSA) is 21.3 Å². The van der Waals surface area contributed by atoms with Crippen LogP contribution in [0.25, 0.3) is 0 Å². The van der Waals surface area contributed by atoms with Crippen LogP contribution >= 0.6 is 11.6 Å². The monoisotopic (exact) mass is 151 g/mol. The fourth-order valence-electron chi connectivity index (χ4n) is 0.565. The first-order valence-corrected chi connectivity index (χ1v) is 3.52. The molecule has 0 radical (unpaired) electrons. The van der Waals surface area contributed by atoms with E-state index < -0.39 is 0 Å². The summed E-state index contributed by atoms with van der Waals surface area (Å²) in [4.78, 5) is 0. The average molecular weight is 152 g/mol. The van der Waals surface area contributed by atoms with Gasteiger partial charge in [0.1, 0.15) is 0 Å². The molecule has 0 saturated heterocycles. The normalized spacial score (nSPS) is 13.7. The van der Waals surface area contributed by atoms with E-state index in [1.807, 2.05) is 7.05 Å². The zero-order chi connectivity index (χ0) is 7.11. The summed E-state index contributed by atoms with van der Waals surface area (Å²) in [5.41, 5.74) is 0. The van der Waals surface area contributed by atoms with Crippen molar-refractivity contribution in [2.75, 3.05) is 27.3 Å². The zero-order valence-corrected chi connectivity index (χ0v) is 6.74. The molecule has 1 unspecified atom stereocenters. The van der Waals surface area contributed by atoms with Gasteiger partial charge in [0, 0.05) is 7.11 Å². The van der Waals surface area contributed by atoms with Crippen molar-refractivity contribution in [2.24, 2.45) is 0 Å². The number of hydrogen-bond donors (Lipinski definition) is 1. The summed E-state index contributed by atoms with van der Waals surface area (Å²) in [5.74, 6) is 0. The van der Waals surface area contributed by atoms with Crippen molar-refractivity contribution in [3.63, 3.8) is 0 Å². The maximum Gasteiger partial charge on any atom is 0.0626 e. The molecular weight excluding hydrogens is 138 g/mol. The third kappa shape index (κ3) is 6.09. The Morgan fingerprint density at radius 3 is 2.78 bits per heavy atom. The minimum atomic E-state index is 0.155. The van der Waals surface area contributed by atoms with E-state index in [4.69, 9.17) is 16.3 Å². The number of nitrogens with one attached hydrogen (secondary N) is 1. The van der Waals surface area contributed by atoms with Crippen molar-refractivity contribution >= 4 is 11.6 Å². The minimum absolute atomic E-state index is 0.155. The van der Waals surface area contributed by atoms with Gasteiger partial charge in [-0.25, -0.2) is 0 Å². The Hall–Kier alpha value is 0.210. The molecule has 0 aliphatic rings. The molecule has 0 aliphatic carbocycles. The predicted molar refractivity (Wildman–Crippen MR) is 40.1 cm³/mol. The van der Waals surface area contributed by atoms with Gasteiger partial charge in [-0.05, 0) is 20.0 Å². The van der Waals surface area contributed by atoms with Crippen molar-refractivity contribution in [1.82, 2.24) is 5.32 Å². The van der Waals surface area contributed by atoms with E-state index in [-0.39, 0.29) is 5.38 Å². The van der Waals surface area contributed by atoms with E-state index in [1.165, 1.54) is 0 Å². The molecule has 0 rings (SSSR count). The van der Waals surface area contributed by atoms with Crippen molar-refractivity contribution in [1.29, 1.82) is 0 Å². The fourth-order valence-corrected chi connectivity index (χ4v) is 0.800. The molecule has 0 fully saturated rings. The molecule has 0 heterocycles. The lowest BCUT2D eigenvalue weighted by molar-refractivity contribution is 0.195. The Labute approximate surface area is 61.5 Å². The molecule has 0 aromatic heterocycles. The van der Waals surface area contributed by atoms with E-state index in [0.717, 1.165) is 13.0 Å². The number of rotatable bonds is 5. The van der Waals surface area contributed by atoms with Crippen LogP contribution in [0.2, 0.25) is 0 Å². The van der Waals surface area contributed by atoms with Crippen LogP contribution in [0.3, 0.4) is 0 Å². The second-order valence-electron chi connectivity index (χ2n) is 1.94. The lowest BCUT2D eigenvalue weighted by atomic mass is 10.3. The first-order valence-electron chi connectivity index (χ1n) is 3.09. The molecular formula is C6H14ClNO. The highest BCUT2D eigenvalue weighted by Gasteiger charge is 2.00. The molecule has 0 saturated carbocycles. The summed E-state index contributed by atoms with van der Waals surface area (Å²) in [7, 11) is 3.57. The summed E-state index contributed by atoms with van der Waals surface area (Å²) >= 11 is 5.79. The standard InChI is InChI=1S/C6H14ClNO/c1-8-4-3-6(7)5-9-2/h6,8H,3-5H2,1-2H3. The molecule has 0 aliphatic heterocycles. The third-order valence-electron chi connectivity index (χ3n) is 1.06. The van der Waals surface area contributed by atoms with Crippen LogP contribution in [0.1, 0.15) is 6.42 Å². The summed E-state index contributed by atoms with van der Waals surface area (Å²) in [6, 6.07) is 0. The van der Waals surface area contributed by atoms with Crippen molar-refractivity contribution < 1.29 is 4.74 Å².